The predicted octanol–water partition coefficient (Wildman–Crippen LogP) is 2.13. The van der Waals surface area contributed by atoms with Gasteiger partial charge in [0.1, 0.15) is 4.88 Å². The number of carbonyl (C=O) groups excluding carboxylic acids is 1. The Labute approximate surface area is 123 Å². The zero-order valence-electron chi connectivity index (χ0n) is 12.0. The number of amides is 1. The molecule has 2 heterocycles. The number of thiazole rings is 1. The lowest BCUT2D eigenvalue weighted by atomic mass is 10.2. The first-order valence-electron chi connectivity index (χ1n) is 7.31. The van der Waals surface area contributed by atoms with E-state index in [1.54, 1.807) is 0 Å². The van der Waals surface area contributed by atoms with Gasteiger partial charge in [0.15, 0.2) is 5.13 Å². The molecule has 0 radical (unpaired) electrons. The molecule has 0 spiro atoms. The summed E-state index contributed by atoms with van der Waals surface area (Å²) in [6.45, 7) is 6.84. The second kappa shape index (κ2) is 5.69. The number of rotatable bonds is 4. The van der Waals surface area contributed by atoms with Gasteiger partial charge in [-0.25, -0.2) is 4.98 Å². The summed E-state index contributed by atoms with van der Waals surface area (Å²) in [5.41, 5.74) is 0.824. The first-order chi connectivity index (χ1) is 9.69. The van der Waals surface area contributed by atoms with Crippen molar-refractivity contribution in [2.24, 2.45) is 5.92 Å². The minimum Gasteiger partial charge on any atom is -0.374 e. The molecule has 1 aliphatic heterocycles. The van der Waals surface area contributed by atoms with Gasteiger partial charge in [-0.1, -0.05) is 11.3 Å². The molecular formula is C14H21N3O2S. The van der Waals surface area contributed by atoms with Crippen molar-refractivity contribution in [2.75, 3.05) is 31.6 Å². The molecule has 3 rings (SSSR count). The van der Waals surface area contributed by atoms with Crippen LogP contribution in [0.3, 0.4) is 0 Å². The number of hydrogen-bond acceptors (Lipinski definition) is 5. The third-order valence-corrected chi connectivity index (χ3v) is 4.95. The topological polar surface area (TPSA) is 54.5 Å². The molecule has 1 aromatic heterocycles. The Hall–Kier alpha value is -1.14. The number of aryl methyl sites for hydroxylation is 1. The lowest BCUT2D eigenvalue weighted by Gasteiger charge is -2.32. The third kappa shape index (κ3) is 2.81. The van der Waals surface area contributed by atoms with Crippen LogP contribution in [0.25, 0.3) is 0 Å². The van der Waals surface area contributed by atoms with E-state index in [4.69, 9.17) is 4.74 Å². The summed E-state index contributed by atoms with van der Waals surface area (Å²) >= 11 is 1.46. The molecule has 0 aromatic carbocycles. The average molecular weight is 295 g/mol. The zero-order chi connectivity index (χ0) is 14.1. The maximum atomic E-state index is 12.6. The van der Waals surface area contributed by atoms with E-state index >= 15 is 0 Å². The Morgan fingerprint density at radius 3 is 3.05 bits per heavy atom. The van der Waals surface area contributed by atoms with Crippen LogP contribution in [0, 0.1) is 12.8 Å². The number of anilines is 1. The Bertz CT molecular complexity index is 499. The Balaban J connectivity index is 1.70. The number of carbonyl (C=O) groups is 1. The van der Waals surface area contributed by atoms with Crippen LogP contribution in [0.15, 0.2) is 0 Å². The van der Waals surface area contributed by atoms with Gasteiger partial charge >= 0.3 is 0 Å². The summed E-state index contributed by atoms with van der Waals surface area (Å²) in [6, 6.07) is 0. The van der Waals surface area contributed by atoms with E-state index in [-0.39, 0.29) is 12.0 Å². The van der Waals surface area contributed by atoms with Crippen LogP contribution in [0.2, 0.25) is 0 Å². The van der Waals surface area contributed by atoms with Crippen LogP contribution in [0.5, 0.6) is 0 Å². The number of nitrogens with one attached hydrogen (secondary N) is 1. The fraction of sp³-hybridized carbons (Fsp3) is 0.714. The fourth-order valence-electron chi connectivity index (χ4n) is 2.58. The third-order valence-electron chi connectivity index (χ3n) is 3.85. The van der Waals surface area contributed by atoms with E-state index in [1.807, 2.05) is 18.7 Å². The van der Waals surface area contributed by atoms with Crippen LogP contribution in [0.4, 0.5) is 5.13 Å². The van der Waals surface area contributed by atoms with E-state index in [0.29, 0.717) is 19.1 Å². The molecule has 1 saturated heterocycles. The van der Waals surface area contributed by atoms with E-state index < -0.39 is 0 Å². The molecule has 2 fully saturated rings. The smallest absolute Gasteiger partial charge is 0.266 e. The van der Waals surface area contributed by atoms with Gasteiger partial charge in [-0.3, -0.25) is 4.79 Å². The fourth-order valence-corrected chi connectivity index (χ4v) is 3.58. The molecule has 2 aliphatic rings. The summed E-state index contributed by atoms with van der Waals surface area (Å²) in [5, 5.41) is 4.01. The summed E-state index contributed by atoms with van der Waals surface area (Å²) < 4.78 is 5.77. The maximum absolute atomic E-state index is 12.6. The first-order valence-corrected chi connectivity index (χ1v) is 8.13. The van der Waals surface area contributed by atoms with Crippen LogP contribution in [0.1, 0.15) is 35.1 Å². The van der Waals surface area contributed by atoms with Crippen molar-refractivity contribution in [3.05, 3.63) is 10.6 Å². The molecule has 0 bridgehead atoms. The molecule has 20 heavy (non-hydrogen) atoms. The lowest BCUT2D eigenvalue weighted by Crippen LogP contribution is -2.46. The van der Waals surface area contributed by atoms with Gasteiger partial charge in [-0.05, 0) is 32.6 Å². The van der Waals surface area contributed by atoms with Gasteiger partial charge in [-0.2, -0.15) is 0 Å². The highest BCUT2D eigenvalue weighted by molar-refractivity contribution is 7.17. The van der Waals surface area contributed by atoms with E-state index in [9.17, 15) is 4.79 Å². The molecule has 5 nitrogen and oxygen atoms in total. The number of nitrogens with zero attached hydrogens (tertiary/aromatic N) is 2. The van der Waals surface area contributed by atoms with Crippen LogP contribution >= 0.6 is 11.3 Å². The minimum absolute atomic E-state index is 0.109. The van der Waals surface area contributed by atoms with Gasteiger partial charge in [0.2, 0.25) is 0 Å². The number of ether oxygens (including phenoxy) is 1. The number of hydrogen-bond donors (Lipinski definition) is 1. The largest absolute Gasteiger partial charge is 0.374 e. The normalized spacial score (nSPS) is 22.9. The van der Waals surface area contributed by atoms with Crippen molar-refractivity contribution in [3.63, 3.8) is 0 Å². The summed E-state index contributed by atoms with van der Waals surface area (Å²) in [4.78, 5) is 19.7. The zero-order valence-corrected chi connectivity index (χ0v) is 12.8. The van der Waals surface area contributed by atoms with Crippen molar-refractivity contribution < 1.29 is 9.53 Å². The quantitative estimate of drug-likeness (QED) is 0.924. The van der Waals surface area contributed by atoms with Crippen molar-refractivity contribution in [2.45, 2.75) is 32.8 Å². The van der Waals surface area contributed by atoms with Gasteiger partial charge in [0, 0.05) is 19.6 Å². The molecule has 6 heteroatoms. The monoisotopic (exact) mass is 295 g/mol. The molecule has 1 atom stereocenters. The van der Waals surface area contributed by atoms with Gasteiger partial charge in [0.05, 0.1) is 18.4 Å². The molecule has 0 unspecified atom stereocenters. The maximum Gasteiger partial charge on any atom is 0.266 e. The standard InChI is InChI=1S/C14H21N3O2S/c1-3-15-14-16-9(2)12(20-14)13(18)17-6-7-19-11(8-17)10-4-5-10/h10-11H,3-8H2,1-2H3,(H,15,16)/t11-/m1/s1. The van der Waals surface area contributed by atoms with Crippen molar-refractivity contribution in [3.8, 4) is 0 Å². The highest BCUT2D eigenvalue weighted by Crippen LogP contribution is 2.36. The summed E-state index contributed by atoms with van der Waals surface area (Å²) in [5.74, 6) is 0.781. The van der Waals surface area contributed by atoms with E-state index in [2.05, 4.69) is 10.3 Å². The second-order valence-electron chi connectivity index (χ2n) is 5.46. The number of aromatic nitrogens is 1. The Kier molecular flexibility index (Phi) is 3.94. The highest BCUT2D eigenvalue weighted by atomic mass is 32.1. The van der Waals surface area contributed by atoms with E-state index in [1.165, 1.54) is 24.2 Å². The van der Waals surface area contributed by atoms with Crippen molar-refractivity contribution in [1.82, 2.24) is 9.88 Å². The average Bonchev–Trinajstić information content (AvgIpc) is 3.23. The molecule has 1 amide bonds. The summed E-state index contributed by atoms with van der Waals surface area (Å²) in [7, 11) is 0. The molecule has 110 valence electrons. The lowest BCUT2D eigenvalue weighted by molar-refractivity contribution is -0.0312. The second-order valence-corrected chi connectivity index (χ2v) is 6.46. The van der Waals surface area contributed by atoms with Gasteiger partial charge < -0.3 is 15.0 Å². The SMILES string of the molecule is CCNc1nc(C)c(C(=O)N2CCO[C@@H](C3CC3)C2)s1. The molecule has 1 saturated carbocycles. The van der Waals surface area contributed by atoms with Crippen molar-refractivity contribution >= 4 is 22.4 Å². The first kappa shape index (κ1) is 13.8. The van der Waals surface area contributed by atoms with E-state index in [0.717, 1.165) is 28.8 Å². The Morgan fingerprint density at radius 1 is 1.55 bits per heavy atom. The molecule has 1 aliphatic carbocycles. The minimum atomic E-state index is 0.109. The van der Waals surface area contributed by atoms with Gasteiger partial charge in [0.25, 0.3) is 5.91 Å². The van der Waals surface area contributed by atoms with Gasteiger partial charge in [-0.15, -0.1) is 0 Å². The van der Waals surface area contributed by atoms with Crippen LogP contribution in [-0.4, -0.2) is 48.1 Å². The molecular weight excluding hydrogens is 274 g/mol. The highest BCUT2D eigenvalue weighted by Gasteiger charge is 2.37. The van der Waals surface area contributed by atoms with Crippen molar-refractivity contribution in [1.29, 1.82) is 0 Å². The molecule has 1 N–H and O–H groups in total. The Morgan fingerprint density at radius 2 is 2.35 bits per heavy atom. The van der Waals surface area contributed by atoms with Crippen LogP contribution < -0.4 is 5.32 Å². The number of morpholine rings is 1. The summed E-state index contributed by atoms with van der Waals surface area (Å²) in [6.07, 6.45) is 2.74. The molecule has 1 aromatic rings. The predicted molar refractivity (Wildman–Crippen MR) is 79.4 cm³/mol. The van der Waals surface area contributed by atoms with Crippen LogP contribution in [-0.2, 0) is 4.74 Å².